The van der Waals surface area contributed by atoms with Crippen molar-refractivity contribution in [2.45, 2.75) is 13.3 Å². The predicted octanol–water partition coefficient (Wildman–Crippen LogP) is 3.25. The van der Waals surface area contributed by atoms with Gasteiger partial charge < -0.3 is 4.74 Å². The van der Waals surface area contributed by atoms with Gasteiger partial charge in [0.2, 0.25) is 0 Å². The molecule has 3 nitrogen and oxygen atoms in total. The number of aromatic amines is 1. The number of methoxy groups -OCH3 is 1. The molecule has 0 fully saturated rings. The zero-order valence-electron chi connectivity index (χ0n) is 9.25. The minimum Gasteiger partial charge on any atom is -0.497 e. The Morgan fingerprint density at radius 3 is 2.56 bits per heavy atom. The molecule has 0 bridgehead atoms. The fourth-order valence-electron chi connectivity index (χ4n) is 1.66. The lowest BCUT2D eigenvalue weighted by Crippen LogP contribution is -1.87. The molecule has 2 aromatic rings. The van der Waals surface area contributed by atoms with Crippen LogP contribution in [0.4, 0.5) is 0 Å². The van der Waals surface area contributed by atoms with Crippen molar-refractivity contribution in [2.75, 3.05) is 7.11 Å². The molecule has 0 radical (unpaired) electrons. The van der Waals surface area contributed by atoms with Gasteiger partial charge in [-0.05, 0) is 46.7 Å². The first kappa shape index (κ1) is 11.4. The number of ether oxygens (including phenoxy) is 1. The SMILES string of the molecule is CCc1[nH]nc(I)c1-c1ccc(OC)cc1. The van der Waals surface area contributed by atoms with Crippen LogP contribution in [0.2, 0.25) is 0 Å². The fraction of sp³-hybridized carbons (Fsp3) is 0.250. The summed E-state index contributed by atoms with van der Waals surface area (Å²) in [4.78, 5) is 0. The van der Waals surface area contributed by atoms with Gasteiger partial charge in [-0.25, -0.2) is 0 Å². The van der Waals surface area contributed by atoms with Gasteiger partial charge >= 0.3 is 0 Å². The summed E-state index contributed by atoms with van der Waals surface area (Å²) in [6.07, 6.45) is 0.956. The number of aromatic nitrogens is 2. The highest BCUT2D eigenvalue weighted by atomic mass is 127. The van der Waals surface area contributed by atoms with Gasteiger partial charge in [0.15, 0.2) is 0 Å². The second-order valence-electron chi connectivity index (χ2n) is 3.45. The summed E-state index contributed by atoms with van der Waals surface area (Å²) < 4.78 is 6.16. The van der Waals surface area contributed by atoms with Crippen molar-refractivity contribution < 1.29 is 4.74 Å². The first-order valence-corrected chi connectivity index (χ1v) is 6.21. The van der Waals surface area contributed by atoms with Crippen molar-refractivity contribution in [1.29, 1.82) is 0 Å². The lowest BCUT2D eigenvalue weighted by atomic mass is 10.1. The average molecular weight is 328 g/mol. The van der Waals surface area contributed by atoms with E-state index in [2.05, 4.69) is 51.8 Å². The summed E-state index contributed by atoms with van der Waals surface area (Å²) in [5.41, 5.74) is 3.55. The van der Waals surface area contributed by atoms with E-state index in [1.54, 1.807) is 7.11 Å². The molecule has 0 amide bonds. The average Bonchev–Trinajstić information content (AvgIpc) is 2.70. The maximum absolute atomic E-state index is 5.15. The molecular weight excluding hydrogens is 315 g/mol. The van der Waals surface area contributed by atoms with Gasteiger partial charge in [-0.3, -0.25) is 5.10 Å². The van der Waals surface area contributed by atoms with Gasteiger partial charge in [0, 0.05) is 11.3 Å². The van der Waals surface area contributed by atoms with Crippen LogP contribution in [0.5, 0.6) is 5.75 Å². The lowest BCUT2D eigenvalue weighted by molar-refractivity contribution is 0.415. The Balaban J connectivity index is 2.45. The third-order valence-electron chi connectivity index (χ3n) is 2.53. The van der Waals surface area contributed by atoms with Gasteiger partial charge in [0.25, 0.3) is 0 Å². The van der Waals surface area contributed by atoms with E-state index in [4.69, 9.17) is 4.74 Å². The van der Waals surface area contributed by atoms with E-state index in [9.17, 15) is 0 Å². The maximum atomic E-state index is 5.15. The van der Waals surface area contributed by atoms with E-state index in [-0.39, 0.29) is 0 Å². The van der Waals surface area contributed by atoms with Gasteiger partial charge in [0.1, 0.15) is 9.45 Å². The number of rotatable bonds is 3. The van der Waals surface area contributed by atoms with E-state index in [1.807, 2.05) is 12.1 Å². The molecule has 1 aromatic carbocycles. The topological polar surface area (TPSA) is 37.9 Å². The Bertz CT molecular complexity index is 476. The molecule has 4 heteroatoms. The van der Waals surface area contributed by atoms with E-state index in [0.29, 0.717) is 0 Å². The highest BCUT2D eigenvalue weighted by molar-refractivity contribution is 14.1. The fourth-order valence-corrected chi connectivity index (χ4v) is 2.42. The number of nitrogens with one attached hydrogen (secondary N) is 1. The van der Waals surface area contributed by atoms with Gasteiger partial charge in [-0.1, -0.05) is 19.1 Å². The standard InChI is InChI=1S/C12H13IN2O/c1-3-10-11(12(13)15-14-10)8-4-6-9(16-2)7-5-8/h4-7H,3H2,1-2H3,(H,14,15). The first-order valence-electron chi connectivity index (χ1n) is 5.13. The zero-order chi connectivity index (χ0) is 11.5. The highest BCUT2D eigenvalue weighted by Gasteiger charge is 2.11. The van der Waals surface area contributed by atoms with Crippen LogP contribution < -0.4 is 4.74 Å². The highest BCUT2D eigenvalue weighted by Crippen LogP contribution is 2.28. The van der Waals surface area contributed by atoms with E-state index in [0.717, 1.165) is 15.9 Å². The summed E-state index contributed by atoms with van der Waals surface area (Å²) in [6, 6.07) is 8.06. The Morgan fingerprint density at radius 2 is 2.00 bits per heavy atom. The van der Waals surface area contributed by atoms with Crippen molar-refractivity contribution in [1.82, 2.24) is 10.2 Å². The molecule has 0 spiro atoms. The van der Waals surface area contributed by atoms with Crippen molar-refractivity contribution in [3.63, 3.8) is 0 Å². The second-order valence-corrected chi connectivity index (χ2v) is 4.47. The van der Waals surface area contributed by atoms with Crippen LogP contribution in [0.3, 0.4) is 0 Å². The number of halogens is 1. The van der Waals surface area contributed by atoms with Crippen LogP contribution in [0.1, 0.15) is 12.6 Å². The van der Waals surface area contributed by atoms with E-state index < -0.39 is 0 Å². The predicted molar refractivity (Wildman–Crippen MR) is 72.7 cm³/mol. The van der Waals surface area contributed by atoms with E-state index >= 15 is 0 Å². The number of nitrogens with zero attached hydrogens (tertiary/aromatic N) is 1. The number of hydrogen-bond acceptors (Lipinski definition) is 2. The summed E-state index contributed by atoms with van der Waals surface area (Å²) in [6.45, 7) is 2.12. The zero-order valence-corrected chi connectivity index (χ0v) is 11.4. The van der Waals surface area contributed by atoms with Crippen molar-refractivity contribution in [3.05, 3.63) is 33.7 Å². The van der Waals surface area contributed by atoms with Crippen molar-refractivity contribution in [3.8, 4) is 16.9 Å². The number of H-pyrrole nitrogens is 1. The molecule has 2 rings (SSSR count). The summed E-state index contributed by atoms with van der Waals surface area (Å²) in [5, 5.41) is 7.30. The number of aryl methyl sites for hydroxylation is 1. The molecule has 84 valence electrons. The second kappa shape index (κ2) is 4.86. The molecule has 0 atom stereocenters. The van der Waals surface area contributed by atoms with Crippen LogP contribution in [-0.4, -0.2) is 17.3 Å². The van der Waals surface area contributed by atoms with Crippen molar-refractivity contribution >= 4 is 22.6 Å². The molecule has 1 N–H and O–H groups in total. The smallest absolute Gasteiger partial charge is 0.131 e. The molecule has 0 aliphatic rings. The lowest BCUT2D eigenvalue weighted by Gasteiger charge is -2.04. The van der Waals surface area contributed by atoms with Crippen molar-refractivity contribution in [2.24, 2.45) is 0 Å². The third kappa shape index (κ3) is 2.07. The Kier molecular flexibility index (Phi) is 3.48. The third-order valence-corrected chi connectivity index (χ3v) is 3.31. The number of benzene rings is 1. The normalized spacial score (nSPS) is 10.4. The van der Waals surface area contributed by atoms with Gasteiger partial charge in [-0.2, -0.15) is 5.10 Å². The largest absolute Gasteiger partial charge is 0.497 e. The quantitative estimate of drug-likeness (QED) is 0.879. The molecule has 0 unspecified atom stereocenters. The summed E-state index contributed by atoms with van der Waals surface area (Å²) in [5.74, 6) is 0.875. The molecule has 0 saturated carbocycles. The molecule has 1 heterocycles. The molecule has 0 aliphatic carbocycles. The monoisotopic (exact) mass is 328 g/mol. The molecule has 16 heavy (non-hydrogen) atoms. The molecular formula is C12H13IN2O. The van der Waals surface area contributed by atoms with Crippen LogP contribution in [0, 0.1) is 3.70 Å². The summed E-state index contributed by atoms with van der Waals surface area (Å²) in [7, 11) is 1.67. The Hall–Kier alpha value is -1.04. The minimum atomic E-state index is 0.875. The van der Waals surface area contributed by atoms with Crippen LogP contribution in [-0.2, 0) is 6.42 Å². The molecule has 0 aliphatic heterocycles. The van der Waals surface area contributed by atoms with Crippen LogP contribution in [0.25, 0.3) is 11.1 Å². The molecule has 0 saturated heterocycles. The minimum absolute atomic E-state index is 0.875. The first-order chi connectivity index (χ1) is 7.76. The Labute approximate surface area is 108 Å². The van der Waals surface area contributed by atoms with Gasteiger partial charge in [-0.15, -0.1) is 0 Å². The Morgan fingerprint density at radius 1 is 1.31 bits per heavy atom. The van der Waals surface area contributed by atoms with Crippen LogP contribution >= 0.6 is 22.6 Å². The maximum Gasteiger partial charge on any atom is 0.131 e. The van der Waals surface area contributed by atoms with E-state index in [1.165, 1.54) is 16.8 Å². The van der Waals surface area contributed by atoms with Crippen LogP contribution in [0.15, 0.2) is 24.3 Å². The molecule has 1 aromatic heterocycles. The summed E-state index contributed by atoms with van der Waals surface area (Å²) >= 11 is 2.25. The van der Waals surface area contributed by atoms with Gasteiger partial charge in [0.05, 0.1) is 7.11 Å². The number of hydrogen-bond donors (Lipinski definition) is 1.